The van der Waals surface area contributed by atoms with Crippen LogP contribution >= 0.6 is 0 Å². The Morgan fingerprint density at radius 1 is 0.900 bits per heavy atom. The molecule has 1 aliphatic carbocycles. The lowest BCUT2D eigenvalue weighted by molar-refractivity contribution is 0.0126. The van der Waals surface area contributed by atoms with Gasteiger partial charge in [-0.1, -0.05) is 26.2 Å². The third-order valence-corrected chi connectivity index (χ3v) is 4.24. The van der Waals surface area contributed by atoms with Gasteiger partial charge in [-0.2, -0.15) is 0 Å². The summed E-state index contributed by atoms with van der Waals surface area (Å²) in [4.78, 5) is 0. The fourth-order valence-corrected chi connectivity index (χ4v) is 2.96. The molecule has 1 saturated carbocycles. The molecular weight excluding hydrogens is 254 g/mol. The Labute approximate surface area is 124 Å². The molecule has 0 heterocycles. The summed E-state index contributed by atoms with van der Waals surface area (Å²) in [6.07, 6.45) is 8.05. The zero-order valence-electron chi connectivity index (χ0n) is 13.4. The van der Waals surface area contributed by atoms with Crippen molar-refractivity contribution in [2.75, 3.05) is 53.2 Å². The van der Waals surface area contributed by atoms with Crippen LogP contribution in [0, 0.1) is 5.41 Å². The molecule has 0 amide bonds. The highest BCUT2D eigenvalue weighted by atomic mass is 16.5. The van der Waals surface area contributed by atoms with E-state index in [2.05, 4.69) is 12.2 Å². The van der Waals surface area contributed by atoms with Crippen molar-refractivity contribution >= 4 is 0 Å². The first-order chi connectivity index (χ1) is 9.83. The van der Waals surface area contributed by atoms with Crippen LogP contribution in [0.5, 0.6) is 0 Å². The first-order valence-corrected chi connectivity index (χ1v) is 8.18. The van der Waals surface area contributed by atoms with Gasteiger partial charge in [-0.25, -0.2) is 0 Å². The lowest BCUT2D eigenvalue weighted by atomic mass is 9.72. The summed E-state index contributed by atoms with van der Waals surface area (Å²) in [5.74, 6) is 0. The molecule has 0 aromatic heterocycles. The molecule has 0 aromatic carbocycles. The average molecular weight is 287 g/mol. The topological polar surface area (TPSA) is 39.7 Å². The Hall–Kier alpha value is -0.160. The molecule has 0 aromatic rings. The van der Waals surface area contributed by atoms with Gasteiger partial charge in [0.05, 0.1) is 26.4 Å². The van der Waals surface area contributed by atoms with Crippen molar-refractivity contribution in [3.8, 4) is 0 Å². The summed E-state index contributed by atoms with van der Waals surface area (Å²) in [5, 5.41) is 3.54. The predicted molar refractivity (Wildman–Crippen MR) is 82.2 cm³/mol. The summed E-state index contributed by atoms with van der Waals surface area (Å²) < 4.78 is 16.0. The van der Waals surface area contributed by atoms with Crippen molar-refractivity contribution in [3.63, 3.8) is 0 Å². The van der Waals surface area contributed by atoms with E-state index in [9.17, 15) is 0 Å². The van der Waals surface area contributed by atoms with Crippen molar-refractivity contribution in [1.29, 1.82) is 0 Å². The molecule has 120 valence electrons. The molecule has 0 bridgehead atoms. The minimum absolute atomic E-state index is 0.477. The van der Waals surface area contributed by atoms with E-state index in [0.29, 0.717) is 31.8 Å². The summed E-state index contributed by atoms with van der Waals surface area (Å²) in [6.45, 7) is 7.94. The van der Waals surface area contributed by atoms with Gasteiger partial charge < -0.3 is 19.5 Å². The van der Waals surface area contributed by atoms with Crippen LogP contribution in [0.2, 0.25) is 0 Å². The average Bonchev–Trinajstić information content (AvgIpc) is 2.49. The molecule has 4 heteroatoms. The first-order valence-electron chi connectivity index (χ1n) is 8.18. The molecule has 0 unspecified atom stereocenters. The molecule has 0 saturated heterocycles. The van der Waals surface area contributed by atoms with Gasteiger partial charge in [-0.3, -0.25) is 0 Å². The van der Waals surface area contributed by atoms with E-state index >= 15 is 0 Å². The van der Waals surface area contributed by atoms with E-state index in [4.69, 9.17) is 14.2 Å². The number of methoxy groups -OCH3 is 1. The Morgan fingerprint density at radius 3 is 2.20 bits per heavy atom. The summed E-state index contributed by atoms with van der Waals surface area (Å²) >= 11 is 0. The van der Waals surface area contributed by atoms with E-state index in [0.717, 1.165) is 19.7 Å². The van der Waals surface area contributed by atoms with E-state index < -0.39 is 0 Å². The number of hydrogen-bond acceptors (Lipinski definition) is 4. The molecule has 0 aliphatic heterocycles. The fourth-order valence-electron chi connectivity index (χ4n) is 2.96. The maximum Gasteiger partial charge on any atom is 0.0701 e. The molecule has 1 rings (SSSR count). The maximum absolute atomic E-state index is 5.73. The third kappa shape index (κ3) is 7.58. The van der Waals surface area contributed by atoms with Crippen molar-refractivity contribution in [2.45, 2.75) is 45.4 Å². The van der Waals surface area contributed by atoms with Crippen LogP contribution in [-0.4, -0.2) is 53.2 Å². The monoisotopic (exact) mass is 287 g/mol. The summed E-state index contributed by atoms with van der Waals surface area (Å²) in [7, 11) is 1.69. The number of nitrogens with one attached hydrogen (secondary N) is 1. The van der Waals surface area contributed by atoms with Gasteiger partial charge in [0.25, 0.3) is 0 Å². The second-order valence-corrected chi connectivity index (χ2v) is 5.81. The van der Waals surface area contributed by atoms with Gasteiger partial charge >= 0.3 is 0 Å². The second kappa shape index (κ2) is 11.5. The van der Waals surface area contributed by atoms with Crippen LogP contribution in [0.3, 0.4) is 0 Å². The van der Waals surface area contributed by atoms with E-state index in [1.807, 2.05) is 0 Å². The van der Waals surface area contributed by atoms with Gasteiger partial charge in [0.2, 0.25) is 0 Å². The lowest BCUT2D eigenvalue weighted by Crippen LogP contribution is -2.37. The highest BCUT2D eigenvalue weighted by Crippen LogP contribution is 2.38. The third-order valence-electron chi connectivity index (χ3n) is 4.24. The highest BCUT2D eigenvalue weighted by Gasteiger charge is 2.30. The largest absolute Gasteiger partial charge is 0.382 e. The van der Waals surface area contributed by atoms with Crippen LogP contribution in [0.4, 0.5) is 0 Å². The zero-order valence-corrected chi connectivity index (χ0v) is 13.4. The molecule has 1 N–H and O–H groups in total. The molecule has 0 spiro atoms. The summed E-state index contributed by atoms with van der Waals surface area (Å²) in [5.41, 5.74) is 0.477. The standard InChI is InChI=1S/C16H33NO3/c1-3-17-15-16(7-5-4-6-8-16)9-10-19-13-14-20-12-11-18-2/h17H,3-15H2,1-2H3. The van der Waals surface area contributed by atoms with Crippen molar-refractivity contribution in [2.24, 2.45) is 5.41 Å². The van der Waals surface area contributed by atoms with Crippen molar-refractivity contribution < 1.29 is 14.2 Å². The van der Waals surface area contributed by atoms with Crippen molar-refractivity contribution in [3.05, 3.63) is 0 Å². The molecule has 0 radical (unpaired) electrons. The SMILES string of the molecule is CCNCC1(CCOCCOCCOC)CCCCC1. The predicted octanol–water partition coefficient (Wildman–Crippen LogP) is 2.62. The Kier molecular flexibility index (Phi) is 10.3. The summed E-state index contributed by atoms with van der Waals surface area (Å²) in [6, 6.07) is 0. The number of hydrogen-bond donors (Lipinski definition) is 1. The number of rotatable bonds is 12. The molecule has 20 heavy (non-hydrogen) atoms. The molecule has 1 fully saturated rings. The smallest absolute Gasteiger partial charge is 0.0701 e. The van der Waals surface area contributed by atoms with Crippen molar-refractivity contribution in [1.82, 2.24) is 5.32 Å². The Balaban J connectivity index is 2.09. The first kappa shape index (κ1) is 17.9. The van der Waals surface area contributed by atoms with E-state index in [1.165, 1.54) is 38.5 Å². The zero-order chi connectivity index (χ0) is 14.5. The highest BCUT2D eigenvalue weighted by molar-refractivity contribution is 4.84. The molecule has 1 aliphatic rings. The molecule has 4 nitrogen and oxygen atoms in total. The quantitative estimate of drug-likeness (QED) is 0.560. The Morgan fingerprint density at radius 2 is 1.55 bits per heavy atom. The number of ether oxygens (including phenoxy) is 3. The minimum Gasteiger partial charge on any atom is -0.382 e. The second-order valence-electron chi connectivity index (χ2n) is 5.81. The van der Waals surface area contributed by atoms with E-state index in [-0.39, 0.29) is 0 Å². The van der Waals surface area contributed by atoms with Crippen LogP contribution in [0.15, 0.2) is 0 Å². The van der Waals surface area contributed by atoms with Gasteiger partial charge in [0.1, 0.15) is 0 Å². The fraction of sp³-hybridized carbons (Fsp3) is 1.00. The van der Waals surface area contributed by atoms with Gasteiger partial charge in [-0.05, 0) is 31.2 Å². The molecular formula is C16H33NO3. The molecule has 0 atom stereocenters. The van der Waals surface area contributed by atoms with Crippen LogP contribution in [-0.2, 0) is 14.2 Å². The maximum atomic E-state index is 5.73. The van der Waals surface area contributed by atoms with Crippen LogP contribution in [0.1, 0.15) is 45.4 Å². The normalized spacial score (nSPS) is 18.3. The Bertz CT molecular complexity index is 218. The van der Waals surface area contributed by atoms with Crippen LogP contribution in [0.25, 0.3) is 0 Å². The van der Waals surface area contributed by atoms with Crippen LogP contribution < -0.4 is 5.32 Å². The minimum atomic E-state index is 0.477. The van der Waals surface area contributed by atoms with Gasteiger partial charge in [-0.15, -0.1) is 0 Å². The van der Waals surface area contributed by atoms with E-state index in [1.54, 1.807) is 7.11 Å². The van der Waals surface area contributed by atoms with Gasteiger partial charge in [0.15, 0.2) is 0 Å². The van der Waals surface area contributed by atoms with Gasteiger partial charge in [0, 0.05) is 20.3 Å². The lowest BCUT2D eigenvalue weighted by Gasteiger charge is -2.37.